The number of rotatable bonds is 3. The average Bonchev–Trinajstić information content (AvgIpc) is 3.13. The highest BCUT2D eigenvalue weighted by Gasteiger charge is 2.37. The molecule has 0 spiro atoms. The van der Waals surface area contributed by atoms with Crippen molar-refractivity contribution in [2.45, 2.75) is 70.6 Å². The van der Waals surface area contributed by atoms with Gasteiger partial charge in [0, 0.05) is 16.0 Å². The van der Waals surface area contributed by atoms with E-state index in [-0.39, 0.29) is 0 Å². The molecule has 4 heteroatoms. The Bertz CT molecular complexity index is 935. The molecule has 30 heavy (non-hydrogen) atoms. The minimum Gasteiger partial charge on any atom is -0.374 e. The second-order valence-corrected chi connectivity index (χ2v) is 16.0. The predicted molar refractivity (Wildman–Crippen MR) is 138 cm³/mol. The molecule has 1 aromatic heterocycles. The Morgan fingerprint density at radius 3 is 2.40 bits per heavy atom. The SMILES string of the molecule is CC(C)(C)[Si](C)(C)n1ccc2cc(Br)ccc21.c1ccc(CC2CCCCN2)cc1. The summed E-state index contributed by atoms with van der Waals surface area (Å²) in [6.07, 6.45) is 7.54. The Labute approximate surface area is 192 Å². The van der Waals surface area contributed by atoms with Gasteiger partial charge in [0.05, 0.1) is 0 Å². The minimum atomic E-state index is -1.51. The summed E-state index contributed by atoms with van der Waals surface area (Å²) in [6.45, 7) is 13.1. The van der Waals surface area contributed by atoms with E-state index in [9.17, 15) is 0 Å². The van der Waals surface area contributed by atoms with Crippen LogP contribution in [0.1, 0.15) is 45.6 Å². The molecule has 1 atom stereocenters. The summed E-state index contributed by atoms with van der Waals surface area (Å²) in [5, 5.41) is 5.24. The van der Waals surface area contributed by atoms with Gasteiger partial charge in [0.1, 0.15) is 0 Å². The predicted octanol–water partition coefficient (Wildman–Crippen LogP) is 7.63. The zero-order chi connectivity index (χ0) is 21.8. The number of hydrogen-bond acceptors (Lipinski definition) is 1. The Morgan fingerprint density at radius 1 is 1.03 bits per heavy atom. The van der Waals surface area contributed by atoms with E-state index in [0.717, 1.165) is 10.5 Å². The summed E-state index contributed by atoms with van der Waals surface area (Å²) in [6, 6.07) is 20.3. The van der Waals surface area contributed by atoms with E-state index < -0.39 is 8.24 Å². The Balaban J connectivity index is 0.000000177. The van der Waals surface area contributed by atoms with Crippen LogP contribution < -0.4 is 5.32 Å². The largest absolute Gasteiger partial charge is 0.374 e. The summed E-state index contributed by atoms with van der Waals surface area (Å²) in [7, 11) is -1.51. The molecule has 1 fully saturated rings. The van der Waals surface area contributed by atoms with Gasteiger partial charge >= 0.3 is 0 Å². The molecule has 0 radical (unpaired) electrons. The summed E-state index contributed by atoms with van der Waals surface area (Å²) < 4.78 is 3.67. The standard InChI is InChI=1S/C14H20BrNSi.C12H17N/c1-14(2,3)17(4,5)16-9-8-11-10-12(15)6-7-13(11)16;1-2-6-11(7-3-1)10-12-8-4-5-9-13-12/h6-10H,1-5H3;1-3,6-7,12-13H,4-5,8-10H2. The number of halogens is 1. The van der Waals surface area contributed by atoms with Crippen molar-refractivity contribution in [2.24, 2.45) is 0 Å². The van der Waals surface area contributed by atoms with Gasteiger partial charge in [0.25, 0.3) is 0 Å². The first-order chi connectivity index (χ1) is 14.2. The Hall–Kier alpha value is -1.36. The van der Waals surface area contributed by atoms with E-state index in [4.69, 9.17) is 0 Å². The summed E-state index contributed by atoms with van der Waals surface area (Å²) >= 11 is 3.53. The molecule has 0 bridgehead atoms. The van der Waals surface area contributed by atoms with Gasteiger partial charge in [-0.3, -0.25) is 0 Å². The van der Waals surface area contributed by atoms with Crippen molar-refractivity contribution in [1.82, 2.24) is 9.55 Å². The normalized spacial score (nSPS) is 17.5. The van der Waals surface area contributed by atoms with Crippen molar-refractivity contribution < 1.29 is 0 Å². The highest BCUT2D eigenvalue weighted by molar-refractivity contribution is 9.10. The van der Waals surface area contributed by atoms with Crippen LogP contribution in [0.15, 0.2) is 65.3 Å². The van der Waals surface area contributed by atoms with Crippen molar-refractivity contribution in [3.8, 4) is 0 Å². The van der Waals surface area contributed by atoms with Crippen LogP contribution in [0.2, 0.25) is 18.1 Å². The zero-order valence-electron chi connectivity index (χ0n) is 19.2. The van der Waals surface area contributed by atoms with Gasteiger partial charge in [-0.1, -0.05) is 86.5 Å². The molecule has 1 saturated heterocycles. The van der Waals surface area contributed by atoms with E-state index in [0.29, 0.717) is 5.04 Å². The third-order valence-electron chi connectivity index (χ3n) is 6.83. The first-order valence-corrected chi connectivity index (χ1v) is 15.0. The molecule has 162 valence electrons. The van der Waals surface area contributed by atoms with Crippen LogP contribution in [0.4, 0.5) is 0 Å². The molecular weight excluding hydrogens is 448 g/mol. The molecule has 0 aliphatic carbocycles. The minimum absolute atomic E-state index is 0.353. The van der Waals surface area contributed by atoms with Crippen LogP contribution in [0.25, 0.3) is 10.9 Å². The number of hydrogen-bond donors (Lipinski definition) is 1. The van der Waals surface area contributed by atoms with Crippen LogP contribution in [-0.4, -0.2) is 25.1 Å². The van der Waals surface area contributed by atoms with Crippen molar-refractivity contribution in [3.05, 3.63) is 70.8 Å². The second kappa shape index (κ2) is 9.84. The molecule has 4 rings (SSSR count). The molecule has 1 aliphatic rings. The Kier molecular flexibility index (Phi) is 7.64. The molecule has 1 aliphatic heterocycles. The summed E-state index contributed by atoms with van der Waals surface area (Å²) in [4.78, 5) is 0. The van der Waals surface area contributed by atoms with Gasteiger partial charge in [-0.05, 0) is 72.3 Å². The smallest absolute Gasteiger partial charge is 0.161 e. The van der Waals surface area contributed by atoms with Crippen molar-refractivity contribution >= 4 is 35.1 Å². The van der Waals surface area contributed by atoms with E-state index in [2.05, 4.69) is 120 Å². The van der Waals surface area contributed by atoms with E-state index in [1.165, 1.54) is 48.7 Å². The molecule has 1 unspecified atom stereocenters. The maximum Gasteiger partial charge on any atom is 0.161 e. The molecule has 2 nitrogen and oxygen atoms in total. The number of aromatic nitrogens is 1. The lowest BCUT2D eigenvalue weighted by molar-refractivity contribution is 0.399. The first-order valence-electron chi connectivity index (χ1n) is 11.2. The fourth-order valence-electron chi connectivity index (χ4n) is 3.96. The average molecular weight is 486 g/mol. The summed E-state index contributed by atoms with van der Waals surface area (Å²) in [5.74, 6) is 0. The number of nitrogens with zero attached hydrogens (tertiary/aromatic N) is 1. The molecule has 0 amide bonds. The van der Waals surface area contributed by atoms with Crippen molar-refractivity contribution in [3.63, 3.8) is 0 Å². The van der Waals surface area contributed by atoms with Gasteiger partial charge < -0.3 is 9.55 Å². The number of benzene rings is 2. The van der Waals surface area contributed by atoms with Crippen LogP contribution in [0, 0.1) is 0 Å². The molecule has 2 aromatic carbocycles. The van der Waals surface area contributed by atoms with Crippen molar-refractivity contribution in [2.75, 3.05) is 6.54 Å². The van der Waals surface area contributed by atoms with Crippen LogP contribution in [-0.2, 0) is 6.42 Å². The fourth-order valence-corrected chi connectivity index (χ4v) is 6.31. The van der Waals surface area contributed by atoms with Crippen LogP contribution in [0.3, 0.4) is 0 Å². The van der Waals surface area contributed by atoms with Crippen LogP contribution >= 0.6 is 15.9 Å². The topological polar surface area (TPSA) is 17.0 Å². The van der Waals surface area contributed by atoms with Crippen molar-refractivity contribution in [1.29, 1.82) is 0 Å². The Morgan fingerprint density at radius 2 is 1.77 bits per heavy atom. The van der Waals surface area contributed by atoms with Gasteiger partial charge in [-0.25, -0.2) is 0 Å². The van der Waals surface area contributed by atoms with E-state index in [1.54, 1.807) is 0 Å². The third kappa shape index (κ3) is 5.66. The van der Waals surface area contributed by atoms with Gasteiger partial charge in [-0.2, -0.15) is 0 Å². The lowest BCUT2D eigenvalue weighted by Crippen LogP contribution is -2.44. The number of fused-ring (bicyclic) bond motifs is 1. The second-order valence-electron chi connectivity index (χ2n) is 10.0. The zero-order valence-corrected chi connectivity index (χ0v) is 21.8. The number of piperidine rings is 1. The monoisotopic (exact) mass is 484 g/mol. The quantitative estimate of drug-likeness (QED) is 0.378. The molecule has 0 saturated carbocycles. The molecule has 3 aromatic rings. The first kappa shape index (κ1) is 23.3. The summed E-state index contributed by atoms with van der Waals surface area (Å²) in [5.41, 5.74) is 2.82. The molecule has 1 N–H and O–H groups in total. The highest BCUT2D eigenvalue weighted by atomic mass is 79.9. The highest BCUT2D eigenvalue weighted by Crippen LogP contribution is 2.39. The molecule has 2 heterocycles. The lowest BCUT2D eigenvalue weighted by Gasteiger charge is -2.38. The maximum absolute atomic E-state index is 3.57. The fraction of sp³-hybridized carbons (Fsp3) is 0.462. The maximum atomic E-state index is 3.57. The van der Waals surface area contributed by atoms with E-state index >= 15 is 0 Å². The van der Waals surface area contributed by atoms with Crippen LogP contribution in [0.5, 0.6) is 0 Å². The van der Waals surface area contributed by atoms with Gasteiger partial charge in [0.2, 0.25) is 0 Å². The van der Waals surface area contributed by atoms with Gasteiger partial charge in [-0.15, -0.1) is 0 Å². The third-order valence-corrected chi connectivity index (χ3v) is 12.6. The van der Waals surface area contributed by atoms with Gasteiger partial charge in [0.15, 0.2) is 8.24 Å². The lowest BCUT2D eigenvalue weighted by atomic mass is 9.98. The van der Waals surface area contributed by atoms with E-state index in [1.807, 2.05) is 0 Å². The number of nitrogens with one attached hydrogen (secondary N) is 1. The molecular formula is C26H37BrN2Si.